The standard InChI is InChI=1S/C15H20F4N2/c1-9-2-3-11(8-13(9)16)14(21-20)10-4-6-12(7-5-10)15(17,18)19/h2-3,8,10,12,14,21H,4-7,20H2,1H3. The van der Waals surface area contributed by atoms with Gasteiger partial charge in [0.2, 0.25) is 0 Å². The van der Waals surface area contributed by atoms with Crippen LogP contribution in [0.2, 0.25) is 0 Å². The van der Waals surface area contributed by atoms with Gasteiger partial charge in [0.05, 0.1) is 5.92 Å². The van der Waals surface area contributed by atoms with Crippen molar-refractivity contribution in [3.05, 3.63) is 35.1 Å². The van der Waals surface area contributed by atoms with E-state index in [9.17, 15) is 17.6 Å². The smallest absolute Gasteiger partial charge is 0.271 e. The van der Waals surface area contributed by atoms with Gasteiger partial charge in [-0.15, -0.1) is 0 Å². The van der Waals surface area contributed by atoms with Gasteiger partial charge in [0.1, 0.15) is 5.82 Å². The molecule has 118 valence electrons. The Morgan fingerprint density at radius 2 is 1.81 bits per heavy atom. The second-order valence-corrected chi connectivity index (χ2v) is 5.81. The summed E-state index contributed by atoms with van der Waals surface area (Å²) in [5.74, 6) is 4.00. The normalized spacial score (nSPS) is 24.9. The van der Waals surface area contributed by atoms with Crippen molar-refractivity contribution < 1.29 is 17.6 Å². The van der Waals surface area contributed by atoms with E-state index in [0.717, 1.165) is 0 Å². The molecule has 1 fully saturated rings. The minimum atomic E-state index is -4.12. The third-order valence-corrected chi connectivity index (χ3v) is 4.44. The zero-order chi connectivity index (χ0) is 15.6. The monoisotopic (exact) mass is 304 g/mol. The van der Waals surface area contributed by atoms with E-state index in [4.69, 9.17) is 5.84 Å². The van der Waals surface area contributed by atoms with Crippen molar-refractivity contribution in [2.75, 3.05) is 0 Å². The van der Waals surface area contributed by atoms with E-state index in [2.05, 4.69) is 5.43 Å². The van der Waals surface area contributed by atoms with Gasteiger partial charge in [-0.3, -0.25) is 11.3 Å². The predicted octanol–water partition coefficient (Wildman–Crippen LogP) is 4.01. The second-order valence-electron chi connectivity index (χ2n) is 5.81. The zero-order valence-electron chi connectivity index (χ0n) is 11.9. The number of hydrazine groups is 1. The van der Waals surface area contributed by atoms with Crippen LogP contribution in [0.5, 0.6) is 0 Å². The zero-order valence-corrected chi connectivity index (χ0v) is 11.9. The summed E-state index contributed by atoms with van der Waals surface area (Å²) in [6.07, 6.45) is -3.02. The highest BCUT2D eigenvalue weighted by Gasteiger charge is 2.42. The van der Waals surface area contributed by atoms with Crippen LogP contribution in [-0.4, -0.2) is 6.18 Å². The largest absolute Gasteiger partial charge is 0.391 e. The minimum Gasteiger partial charge on any atom is -0.271 e. The van der Waals surface area contributed by atoms with Gasteiger partial charge in [-0.25, -0.2) is 4.39 Å². The minimum absolute atomic E-state index is 0.00398. The fraction of sp³-hybridized carbons (Fsp3) is 0.600. The molecule has 1 aliphatic carbocycles. The van der Waals surface area contributed by atoms with Crippen LogP contribution < -0.4 is 11.3 Å². The summed E-state index contributed by atoms with van der Waals surface area (Å²) < 4.78 is 51.7. The molecule has 2 nitrogen and oxygen atoms in total. The molecule has 0 saturated heterocycles. The van der Waals surface area contributed by atoms with E-state index in [-0.39, 0.29) is 30.6 Å². The van der Waals surface area contributed by atoms with Gasteiger partial charge in [0.15, 0.2) is 0 Å². The van der Waals surface area contributed by atoms with E-state index < -0.39 is 12.1 Å². The first-order valence-electron chi connectivity index (χ1n) is 7.11. The molecule has 0 bridgehead atoms. The molecule has 1 aromatic carbocycles. The lowest BCUT2D eigenvalue weighted by molar-refractivity contribution is -0.184. The van der Waals surface area contributed by atoms with Gasteiger partial charge in [0, 0.05) is 6.04 Å². The molecule has 0 heterocycles. The Bertz CT molecular complexity index is 479. The summed E-state index contributed by atoms with van der Waals surface area (Å²) in [6.45, 7) is 1.67. The predicted molar refractivity (Wildman–Crippen MR) is 72.7 cm³/mol. The van der Waals surface area contributed by atoms with Crippen LogP contribution in [0.15, 0.2) is 18.2 Å². The molecular weight excluding hydrogens is 284 g/mol. The number of aryl methyl sites for hydroxylation is 1. The van der Waals surface area contributed by atoms with Crippen LogP contribution >= 0.6 is 0 Å². The molecule has 6 heteroatoms. The fourth-order valence-corrected chi connectivity index (χ4v) is 3.09. The van der Waals surface area contributed by atoms with E-state index in [0.29, 0.717) is 24.0 Å². The summed E-state index contributed by atoms with van der Waals surface area (Å²) in [4.78, 5) is 0. The van der Waals surface area contributed by atoms with E-state index in [1.54, 1.807) is 19.1 Å². The molecular formula is C15H20F4N2. The first-order valence-corrected chi connectivity index (χ1v) is 7.11. The van der Waals surface area contributed by atoms with Crippen LogP contribution in [0.4, 0.5) is 17.6 Å². The van der Waals surface area contributed by atoms with E-state index >= 15 is 0 Å². The summed E-state index contributed by atoms with van der Waals surface area (Å²) in [7, 11) is 0. The topological polar surface area (TPSA) is 38.0 Å². The molecule has 0 aliphatic heterocycles. The lowest BCUT2D eigenvalue weighted by atomic mass is 9.76. The van der Waals surface area contributed by atoms with Crippen molar-refractivity contribution >= 4 is 0 Å². The highest BCUT2D eigenvalue weighted by molar-refractivity contribution is 5.26. The molecule has 3 N–H and O–H groups in total. The molecule has 0 amide bonds. The fourth-order valence-electron chi connectivity index (χ4n) is 3.09. The number of nitrogens with one attached hydrogen (secondary N) is 1. The Morgan fingerprint density at radius 1 is 1.19 bits per heavy atom. The highest BCUT2D eigenvalue weighted by atomic mass is 19.4. The summed E-state index contributed by atoms with van der Waals surface area (Å²) in [6, 6.07) is 4.54. The van der Waals surface area contributed by atoms with Crippen LogP contribution in [0.3, 0.4) is 0 Å². The summed E-state index contributed by atoms with van der Waals surface area (Å²) in [5, 5.41) is 0. The Balaban J connectivity index is 2.07. The van der Waals surface area contributed by atoms with Crippen molar-refractivity contribution in [3.8, 4) is 0 Å². The van der Waals surface area contributed by atoms with Gasteiger partial charge < -0.3 is 0 Å². The molecule has 1 saturated carbocycles. The van der Waals surface area contributed by atoms with Gasteiger partial charge in [0.25, 0.3) is 0 Å². The number of halogens is 4. The van der Waals surface area contributed by atoms with Crippen molar-refractivity contribution in [2.45, 2.75) is 44.8 Å². The van der Waals surface area contributed by atoms with Crippen LogP contribution in [0.1, 0.15) is 42.9 Å². The Hall–Kier alpha value is -1.14. The number of alkyl halides is 3. The molecule has 1 atom stereocenters. The molecule has 2 rings (SSSR count). The number of nitrogens with two attached hydrogens (primary N) is 1. The average molecular weight is 304 g/mol. The average Bonchev–Trinajstić information content (AvgIpc) is 2.43. The molecule has 21 heavy (non-hydrogen) atoms. The Kier molecular flexibility index (Phi) is 4.88. The van der Waals surface area contributed by atoms with Crippen LogP contribution in [0.25, 0.3) is 0 Å². The maximum absolute atomic E-state index is 13.6. The summed E-state index contributed by atoms with van der Waals surface area (Å²) >= 11 is 0. The van der Waals surface area contributed by atoms with Crippen molar-refractivity contribution in [1.29, 1.82) is 0 Å². The van der Waals surface area contributed by atoms with Crippen molar-refractivity contribution in [1.82, 2.24) is 5.43 Å². The van der Waals surface area contributed by atoms with Crippen LogP contribution in [0, 0.1) is 24.6 Å². The number of rotatable bonds is 3. The quantitative estimate of drug-likeness (QED) is 0.503. The lowest BCUT2D eigenvalue weighted by Gasteiger charge is -2.34. The van der Waals surface area contributed by atoms with Crippen molar-refractivity contribution in [2.24, 2.45) is 17.7 Å². The van der Waals surface area contributed by atoms with E-state index in [1.165, 1.54) is 6.07 Å². The number of hydrogen-bond donors (Lipinski definition) is 2. The first-order chi connectivity index (χ1) is 9.82. The molecule has 1 aromatic rings. The number of benzene rings is 1. The molecule has 0 radical (unpaired) electrons. The van der Waals surface area contributed by atoms with Crippen LogP contribution in [-0.2, 0) is 0 Å². The molecule has 0 aromatic heterocycles. The second kappa shape index (κ2) is 6.32. The molecule has 1 aliphatic rings. The molecule has 0 spiro atoms. The van der Waals surface area contributed by atoms with Gasteiger partial charge >= 0.3 is 6.18 Å². The SMILES string of the molecule is Cc1ccc(C(NN)C2CCC(C(F)(F)F)CC2)cc1F. The Morgan fingerprint density at radius 3 is 2.29 bits per heavy atom. The highest BCUT2D eigenvalue weighted by Crippen LogP contribution is 2.43. The third-order valence-electron chi connectivity index (χ3n) is 4.44. The van der Waals surface area contributed by atoms with Gasteiger partial charge in [-0.2, -0.15) is 13.2 Å². The summed E-state index contributed by atoms with van der Waals surface area (Å²) in [5.41, 5.74) is 3.87. The lowest BCUT2D eigenvalue weighted by Crippen LogP contribution is -2.37. The maximum atomic E-state index is 13.6. The Labute approximate surface area is 121 Å². The molecule has 1 unspecified atom stereocenters. The van der Waals surface area contributed by atoms with Gasteiger partial charge in [-0.1, -0.05) is 12.1 Å². The first kappa shape index (κ1) is 16.2. The number of hydrogen-bond acceptors (Lipinski definition) is 2. The third kappa shape index (κ3) is 3.74. The van der Waals surface area contributed by atoms with Crippen molar-refractivity contribution in [3.63, 3.8) is 0 Å². The van der Waals surface area contributed by atoms with E-state index in [1.807, 2.05) is 0 Å². The maximum Gasteiger partial charge on any atom is 0.391 e. The van der Waals surface area contributed by atoms with Gasteiger partial charge in [-0.05, 0) is 55.7 Å².